The summed E-state index contributed by atoms with van der Waals surface area (Å²) < 4.78 is 5.96. The number of rotatable bonds is 5. The van der Waals surface area contributed by atoms with E-state index in [-0.39, 0.29) is 6.10 Å². The SMILES string of the molecule is CCCN1CCOC(c2cccc3[nH]ccc23)C1.O=C(O)C=CC(=O)O. The summed E-state index contributed by atoms with van der Waals surface area (Å²) in [6, 6.07) is 8.56. The number of ether oxygens (including phenoxy) is 1. The lowest BCUT2D eigenvalue weighted by Gasteiger charge is -2.33. The van der Waals surface area contributed by atoms with Crippen LogP contribution >= 0.6 is 0 Å². The van der Waals surface area contributed by atoms with E-state index in [0.29, 0.717) is 12.2 Å². The van der Waals surface area contributed by atoms with Gasteiger partial charge in [-0.3, -0.25) is 4.90 Å². The van der Waals surface area contributed by atoms with Crippen LogP contribution < -0.4 is 0 Å². The maximum atomic E-state index is 9.55. The molecule has 7 nitrogen and oxygen atoms in total. The van der Waals surface area contributed by atoms with E-state index in [2.05, 4.69) is 41.1 Å². The second-order valence-electron chi connectivity index (χ2n) is 5.96. The normalized spacial score (nSPS) is 17.8. The largest absolute Gasteiger partial charge is 0.478 e. The maximum absolute atomic E-state index is 9.55. The van der Waals surface area contributed by atoms with Crippen molar-refractivity contribution in [2.45, 2.75) is 19.4 Å². The first-order valence-corrected chi connectivity index (χ1v) is 8.55. The molecule has 0 saturated carbocycles. The van der Waals surface area contributed by atoms with Crippen molar-refractivity contribution in [2.24, 2.45) is 0 Å². The van der Waals surface area contributed by atoms with Crippen LogP contribution in [0, 0.1) is 0 Å². The Kier molecular flexibility index (Phi) is 7.37. The molecule has 0 amide bonds. The Morgan fingerprint density at radius 3 is 2.65 bits per heavy atom. The molecule has 3 rings (SSSR count). The Bertz CT molecular complexity index is 750. The summed E-state index contributed by atoms with van der Waals surface area (Å²) in [5, 5.41) is 16.9. The van der Waals surface area contributed by atoms with Gasteiger partial charge in [0.15, 0.2) is 0 Å². The quantitative estimate of drug-likeness (QED) is 0.709. The summed E-state index contributed by atoms with van der Waals surface area (Å²) in [6.07, 6.45) is 4.54. The lowest BCUT2D eigenvalue weighted by Crippen LogP contribution is -2.38. The van der Waals surface area contributed by atoms with Gasteiger partial charge in [0.05, 0.1) is 12.7 Å². The molecule has 1 aliphatic rings. The molecule has 1 aliphatic heterocycles. The van der Waals surface area contributed by atoms with Crippen LogP contribution in [0.5, 0.6) is 0 Å². The van der Waals surface area contributed by atoms with Gasteiger partial charge in [-0.2, -0.15) is 0 Å². The van der Waals surface area contributed by atoms with Crippen molar-refractivity contribution in [1.82, 2.24) is 9.88 Å². The Labute approximate surface area is 151 Å². The fourth-order valence-corrected chi connectivity index (χ4v) is 2.94. The number of H-pyrrole nitrogens is 1. The van der Waals surface area contributed by atoms with Crippen LogP contribution in [-0.2, 0) is 14.3 Å². The Balaban J connectivity index is 0.000000260. The first-order valence-electron chi connectivity index (χ1n) is 8.55. The smallest absolute Gasteiger partial charge is 0.328 e. The van der Waals surface area contributed by atoms with Gasteiger partial charge < -0.3 is 19.9 Å². The summed E-state index contributed by atoms with van der Waals surface area (Å²) in [5.41, 5.74) is 2.51. The van der Waals surface area contributed by atoms with Gasteiger partial charge in [-0.15, -0.1) is 0 Å². The van der Waals surface area contributed by atoms with Gasteiger partial charge in [0.2, 0.25) is 0 Å². The standard InChI is InChI=1S/C15H20N2O.C4H4O4/c1-2-8-17-9-10-18-15(11-17)13-4-3-5-14-12(13)6-7-16-14;5-3(6)1-2-4(7)8/h3-7,15-16H,2,8-11H2,1H3;1-2H,(H,5,6)(H,7,8). The molecule has 1 fully saturated rings. The van der Waals surface area contributed by atoms with Crippen LogP contribution in [0.2, 0.25) is 0 Å². The zero-order valence-corrected chi connectivity index (χ0v) is 14.7. The maximum Gasteiger partial charge on any atom is 0.328 e. The van der Waals surface area contributed by atoms with Gasteiger partial charge in [0, 0.05) is 42.3 Å². The van der Waals surface area contributed by atoms with E-state index in [0.717, 1.165) is 19.7 Å². The Morgan fingerprint density at radius 2 is 2.00 bits per heavy atom. The summed E-state index contributed by atoms with van der Waals surface area (Å²) in [7, 11) is 0. The summed E-state index contributed by atoms with van der Waals surface area (Å²) in [6.45, 7) is 6.32. The van der Waals surface area contributed by atoms with E-state index in [4.69, 9.17) is 14.9 Å². The molecule has 26 heavy (non-hydrogen) atoms. The Morgan fingerprint density at radius 1 is 1.27 bits per heavy atom. The van der Waals surface area contributed by atoms with Crippen molar-refractivity contribution in [2.75, 3.05) is 26.2 Å². The number of morpholine rings is 1. The number of fused-ring (bicyclic) bond motifs is 1. The number of aliphatic carboxylic acids is 2. The zero-order chi connectivity index (χ0) is 18.9. The van der Waals surface area contributed by atoms with Crippen molar-refractivity contribution >= 4 is 22.8 Å². The number of aromatic amines is 1. The van der Waals surface area contributed by atoms with Crippen LogP contribution in [0.3, 0.4) is 0 Å². The fraction of sp³-hybridized carbons (Fsp3) is 0.368. The molecule has 1 unspecified atom stereocenters. The third-order valence-corrected chi connectivity index (χ3v) is 4.03. The number of carboxylic acid groups (broad SMARTS) is 2. The molecule has 0 bridgehead atoms. The van der Waals surface area contributed by atoms with Gasteiger partial charge in [0.1, 0.15) is 0 Å². The van der Waals surface area contributed by atoms with Crippen molar-refractivity contribution in [1.29, 1.82) is 0 Å². The Hall–Kier alpha value is -2.64. The van der Waals surface area contributed by atoms with Crippen molar-refractivity contribution in [3.8, 4) is 0 Å². The minimum Gasteiger partial charge on any atom is -0.478 e. The van der Waals surface area contributed by atoms with Gasteiger partial charge in [-0.1, -0.05) is 19.1 Å². The second-order valence-corrected chi connectivity index (χ2v) is 5.96. The zero-order valence-electron chi connectivity index (χ0n) is 14.7. The molecule has 1 saturated heterocycles. The van der Waals surface area contributed by atoms with Gasteiger partial charge in [0.25, 0.3) is 0 Å². The van der Waals surface area contributed by atoms with E-state index in [9.17, 15) is 9.59 Å². The first-order chi connectivity index (χ1) is 12.5. The highest BCUT2D eigenvalue weighted by Crippen LogP contribution is 2.28. The van der Waals surface area contributed by atoms with Gasteiger partial charge in [-0.05, 0) is 30.7 Å². The number of carbonyl (C=O) groups is 2. The van der Waals surface area contributed by atoms with Crippen LogP contribution in [0.1, 0.15) is 25.0 Å². The molecule has 0 radical (unpaired) electrons. The summed E-state index contributed by atoms with van der Waals surface area (Å²) in [5.74, 6) is -2.51. The van der Waals surface area contributed by atoms with Crippen molar-refractivity contribution in [3.05, 3.63) is 48.2 Å². The van der Waals surface area contributed by atoms with Crippen LogP contribution in [0.25, 0.3) is 10.9 Å². The van der Waals surface area contributed by atoms with Crippen LogP contribution in [0.15, 0.2) is 42.6 Å². The predicted molar refractivity (Wildman–Crippen MR) is 98.1 cm³/mol. The number of hydrogen-bond donors (Lipinski definition) is 3. The summed E-state index contributed by atoms with van der Waals surface area (Å²) in [4.78, 5) is 24.9. The molecule has 7 heteroatoms. The van der Waals surface area contributed by atoms with E-state index >= 15 is 0 Å². The highest BCUT2D eigenvalue weighted by molar-refractivity contribution is 5.89. The van der Waals surface area contributed by atoms with Crippen molar-refractivity contribution in [3.63, 3.8) is 0 Å². The molecule has 1 aromatic heterocycles. The molecule has 0 aliphatic carbocycles. The molecule has 3 N–H and O–H groups in total. The molecule has 1 aromatic carbocycles. The van der Waals surface area contributed by atoms with E-state index in [1.165, 1.54) is 29.4 Å². The molecule has 140 valence electrons. The van der Waals surface area contributed by atoms with E-state index in [1.54, 1.807) is 0 Å². The molecule has 1 atom stereocenters. The number of nitrogens with one attached hydrogen (secondary N) is 1. The molecular formula is C19H24N2O5. The monoisotopic (exact) mass is 360 g/mol. The van der Waals surface area contributed by atoms with Crippen molar-refractivity contribution < 1.29 is 24.5 Å². The number of benzene rings is 1. The third kappa shape index (κ3) is 5.72. The average Bonchev–Trinajstić information content (AvgIpc) is 3.10. The lowest BCUT2D eigenvalue weighted by molar-refractivity contribution is -0.134. The number of nitrogens with zero attached hydrogens (tertiary/aromatic N) is 1. The fourth-order valence-electron chi connectivity index (χ4n) is 2.94. The minimum absolute atomic E-state index is 0.213. The van der Waals surface area contributed by atoms with Crippen LogP contribution in [-0.4, -0.2) is 58.3 Å². The number of hydrogen-bond acceptors (Lipinski definition) is 4. The lowest BCUT2D eigenvalue weighted by atomic mass is 10.0. The molecule has 0 spiro atoms. The predicted octanol–water partition coefficient (Wildman–Crippen LogP) is 2.66. The third-order valence-electron chi connectivity index (χ3n) is 4.03. The molecule has 2 aromatic rings. The van der Waals surface area contributed by atoms with Gasteiger partial charge in [-0.25, -0.2) is 9.59 Å². The first kappa shape index (κ1) is 19.7. The number of aromatic nitrogens is 1. The van der Waals surface area contributed by atoms with Crippen LogP contribution in [0.4, 0.5) is 0 Å². The summed E-state index contributed by atoms with van der Waals surface area (Å²) >= 11 is 0. The van der Waals surface area contributed by atoms with Gasteiger partial charge >= 0.3 is 11.9 Å². The minimum atomic E-state index is -1.26. The molecular weight excluding hydrogens is 336 g/mol. The molecule has 2 heterocycles. The number of carboxylic acids is 2. The highest BCUT2D eigenvalue weighted by Gasteiger charge is 2.22. The average molecular weight is 360 g/mol. The van der Waals surface area contributed by atoms with E-state index < -0.39 is 11.9 Å². The topological polar surface area (TPSA) is 103 Å². The second kappa shape index (κ2) is 9.74. The highest BCUT2D eigenvalue weighted by atomic mass is 16.5. The van der Waals surface area contributed by atoms with E-state index in [1.807, 2.05) is 6.20 Å².